The summed E-state index contributed by atoms with van der Waals surface area (Å²) in [5.41, 5.74) is 13.2. The van der Waals surface area contributed by atoms with Crippen LogP contribution < -0.4 is 5.73 Å². The summed E-state index contributed by atoms with van der Waals surface area (Å²) in [5, 5.41) is 3.44. The summed E-state index contributed by atoms with van der Waals surface area (Å²) < 4.78 is 0. The molecule has 0 aliphatic rings. The molecule has 86 valence electrons. The molecular weight excluding hydrogens is 194 g/mol. The van der Waals surface area contributed by atoms with Gasteiger partial charge in [-0.25, -0.2) is 0 Å². The van der Waals surface area contributed by atoms with E-state index in [-0.39, 0.29) is 12.5 Å². The highest BCUT2D eigenvalue weighted by atomic mass is 16.1. The summed E-state index contributed by atoms with van der Waals surface area (Å²) in [5.74, 6) is -0.310. The smallest absolute Gasteiger partial charge is 0.231 e. The van der Waals surface area contributed by atoms with Gasteiger partial charge in [-0.2, -0.15) is 0 Å². The van der Waals surface area contributed by atoms with Crippen molar-refractivity contribution in [3.05, 3.63) is 10.4 Å². The fraction of sp³-hybridized carbons (Fsp3) is 0.889. The van der Waals surface area contributed by atoms with E-state index in [1.165, 1.54) is 0 Å². The molecule has 0 fully saturated rings. The van der Waals surface area contributed by atoms with E-state index in [0.717, 1.165) is 32.4 Å². The van der Waals surface area contributed by atoms with Gasteiger partial charge in [-0.1, -0.05) is 18.5 Å². The lowest BCUT2D eigenvalue weighted by Crippen LogP contribution is -2.35. The Morgan fingerprint density at radius 3 is 2.67 bits per heavy atom. The zero-order chi connectivity index (χ0) is 11.5. The second-order valence-electron chi connectivity index (χ2n) is 3.40. The van der Waals surface area contributed by atoms with E-state index in [9.17, 15) is 4.79 Å². The number of amides is 1. The van der Waals surface area contributed by atoms with Crippen LogP contribution in [0.1, 0.15) is 26.2 Å². The number of primary amides is 1. The molecule has 0 atom stereocenters. The number of azide groups is 1. The molecule has 0 aromatic rings. The predicted octanol–water partition coefficient (Wildman–Crippen LogP) is 1.27. The molecule has 1 amide bonds. The molecular formula is C9H19N5O. The first-order valence-electron chi connectivity index (χ1n) is 5.22. The van der Waals surface area contributed by atoms with Crippen molar-refractivity contribution >= 4 is 5.91 Å². The number of carbonyl (C=O) groups excluding carboxylic acids is 1. The topological polar surface area (TPSA) is 95.1 Å². The van der Waals surface area contributed by atoms with Crippen LogP contribution in [0.2, 0.25) is 0 Å². The first kappa shape index (κ1) is 13.7. The minimum absolute atomic E-state index is 0.288. The molecule has 0 aliphatic carbocycles. The quantitative estimate of drug-likeness (QED) is 0.270. The summed E-state index contributed by atoms with van der Waals surface area (Å²) in [6.45, 7) is 4.48. The van der Waals surface area contributed by atoms with Crippen LogP contribution in [0.25, 0.3) is 10.4 Å². The molecule has 0 saturated carbocycles. The van der Waals surface area contributed by atoms with E-state index in [4.69, 9.17) is 11.3 Å². The van der Waals surface area contributed by atoms with Gasteiger partial charge in [0, 0.05) is 11.5 Å². The molecule has 0 spiro atoms. The van der Waals surface area contributed by atoms with Crippen LogP contribution in [0.4, 0.5) is 0 Å². The fourth-order valence-electron chi connectivity index (χ4n) is 1.28. The van der Waals surface area contributed by atoms with Crippen LogP contribution in [-0.2, 0) is 4.79 Å². The summed E-state index contributed by atoms with van der Waals surface area (Å²) in [4.78, 5) is 15.4. The van der Waals surface area contributed by atoms with E-state index < -0.39 is 0 Å². The van der Waals surface area contributed by atoms with Crippen LogP contribution in [0.15, 0.2) is 5.11 Å². The van der Waals surface area contributed by atoms with Gasteiger partial charge in [0.15, 0.2) is 0 Å². The minimum atomic E-state index is -0.310. The number of unbranched alkanes of at least 4 members (excludes halogenated alkanes) is 1. The summed E-state index contributed by atoms with van der Waals surface area (Å²) in [6.07, 6.45) is 2.90. The van der Waals surface area contributed by atoms with Gasteiger partial charge >= 0.3 is 0 Å². The molecule has 6 heteroatoms. The molecule has 0 bridgehead atoms. The minimum Gasteiger partial charge on any atom is -0.369 e. The normalized spacial score (nSPS) is 10.0. The van der Waals surface area contributed by atoms with Gasteiger partial charge in [-0.05, 0) is 31.5 Å². The van der Waals surface area contributed by atoms with Crippen molar-refractivity contribution in [3.63, 3.8) is 0 Å². The van der Waals surface area contributed by atoms with Gasteiger partial charge in [0.1, 0.15) is 0 Å². The third-order valence-electron chi connectivity index (χ3n) is 2.00. The predicted molar refractivity (Wildman–Crippen MR) is 59.2 cm³/mol. The van der Waals surface area contributed by atoms with Gasteiger partial charge in [0.25, 0.3) is 0 Å². The van der Waals surface area contributed by atoms with Crippen molar-refractivity contribution in [3.8, 4) is 0 Å². The molecule has 0 saturated heterocycles. The number of rotatable bonds is 9. The highest BCUT2D eigenvalue weighted by molar-refractivity contribution is 5.75. The molecule has 6 nitrogen and oxygen atoms in total. The monoisotopic (exact) mass is 213 g/mol. The Hall–Kier alpha value is -1.26. The molecule has 0 unspecified atom stereocenters. The largest absolute Gasteiger partial charge is 0.369 e. The number of carbonyl (C=O) groups is 1. The summed E-state index contributed by atoms with van der Waals surface area (Å²) in [6, 6.07) is 0. The Bertz CT molecular complexity index is 225. The van der Waals surface area contributed by atoms with Crippen molar-refractivity contribution in [1.29, 1.82) is 0 Å². The van der Waals surface area contributed by atoms with Gasteiger partial charge < -0.3 is 5.73 Å². The molecule has 0 radical (unpaired) electrons. The summed E-state index contributed by atoms with van der Waals surface area (Å²) in [7, 11) is 0. The van der Waals surface area contributed by atoms with E-state index in [2.05, 4.69) is 16.9 Å². The Morgan fingerprint density at radius 1 is 1.47 bits per heavy atom. The zero-order valence-corrected chi connectivity index (χ0v) is 9.22. The average Bonchev–Trinajstić information content (AvgIpc) is 2.19. The number of hydrogen-bond donors (Lipinski definition) is 1. The number of hydrogen-bond acceptors (Lipinski definition) is 3. The van der Waals surface area contributed by atoms with Crippen molar-refractivity contribution in [2.75, 3.05) is 26.2 Å². The fourth-order valence-corrected chi connectivity index (χ4v) is 1.28. The van der Waals surface area contributed by atoms with E-state index in [0.29, 0.717) is 6.54 Å². The lowest BCUT2D eigenvalue weighted by atomic mass is 10.3. The third-order valence-corrected chi connectivity index (χ3v) is 2.00. The van der Waals surface area contributed by atoms with Crippen LogP contribution >= 0.6 is 0 Å². The lowest BCUT2D eigenvalue weighted by Gasteiger charge is -2.19. The Kier molecular flexibility index (Phi) is 8.52. The highest BCUT2D eigenvalue weighted by Crippen LogP contribution is 1.97. The van der Waals surface area contributed by atoms with Crippen LogP contribution in [-0.4, -0.2) is 37.0 Å². The van der Waals surface area contributed by atoms with E-state index in [1.54, 1.807) is 0 Å². The maximum absolute atomic E-state index is 10.8. The molecule has 15 heavy (non-hydrogen) atoms. The van der Waals surface area contributed by atoms with E-state index in [1.807, 2.05) is 4.90 Å². The molecule has 2 N–H and O–H groups in total. The molecule has 0 aromatic carbocycles. The van der Waals surface area contributed by atoms with Crippen molar-refractivity contribution in [2.24, 2.45) is 10.8 Å². The standard InChI is InChI=1S/C9H19N5O/c1-2-3-6-14(8-9(10)15)7-4-5-12-13-11/h2-8H2,1H3,(H2,10,15). The Labute approximate surface area is 90.1 Å². The molecule has 0 heterocycles. The van der Waals surface area contributed by atoms with Crippen molar-refractivity contribution in [2.45, 2.75) is 26.2 Å². The van der Waals surface area contributed by atoms with Crippen molar-refractivity contribution < 1.29 is 4.79 Å². The van der Waals surface area contributed by atoms with Crippen molar-refractivity contribution in [1.82, 2.24) is 4.90 Å². The first-order chi connectivity index (χ1) is 7.20. The van der Waals surface area contributed by atoms with Crippen LogP contribution in [0.5, 0.6) is 0 Å². The molecule has 0 aromatic heterocycles. The molecule has 0 rings (SSSR count). The Morgan fingerprint density at radius 2 is 2.13 bits per heavy atom. The highest BCUT2D eigenvalue weighted by Gasteiger charge is 2.06. The van der Waals surface area contributed by atoms with Crippen LogP contribution in [0, 0.1) is 0 Å². The number of nitrogens with two attached hydrogens (primary N) is 1. The molecule has 0 aliphatic heterocycles. The van der Waals surface area contributed by atoms with Gasteiger partial charge in [0.05, 0.1) is 6.54 Å². The maximum atomic E-state index is 10.8. The Balaban J connectivity index is 3.78. The third kappa shape index (κ3) is 9.05. The van der Waals surface area contributed by atoms with Gasteiger partial charge in [-0.3, -0.25) is 9.69 Å². The van der Waals surface area contributed by atoms with Crippen LogP contribution in [0.3, 0.4) is 0 Å². The number of nitrogens with zero attached hydrogens (tertiary/aromatic N) is 4. The maximum Gasteiger partial charge on any atom is 0.231 e. The SMILES string of the molecule is CCCCN(CCCN=[N+]=[N-])CC(N)=O. The summed E-state index contributed by atoms with van der Waals surface area (Å²) >= 11 is 0. The van der Waals surface area contributed by atoms with Gasteiger partial charge in [-0.15, -0.1) is 0 Å². The second-order valence-corrected chi connectivity index (χ2v) is 3.40. The average molecular weight is 213 g/mol. The first-order valence-corrected chi connectivity index (χ1v) is 5.22. The second kappa shape index (κ2) is 9.30. The zero-order valence-electron chi connectivity index (χ0n) is 9.22. The van der Waals surface area contributed by atoms with E-state index >= 15 is 0 Å². The lowest BCUT2D eigenvalue weighted by molar-refractivity contribution is -0.119. The van der Waals surface area contributed by atoms with Gasteiger partial charge in [0.2, 0.25) is 5.91 Å².